The number of carbonyl (C=O) groups is 2. The summed E-state index contributed by atoms with van der Waals surface area (Å²) < 4.78 is 26.6. The Labute approximate surface area is 199 Å². The second kappa shape index (κ2) is 9.05. The molecule has 0 atom stereocenters. The molecule has 1 aliphatic heterocycles. The Kier molecular flexibility index (Phi) is 5.77. The number of nitrogens with zero attached hydrogens (tertiary/aromatic N) is 6. The van der Waals surface area contributed by atoms with Crippen LogP contribution in [0, 0.1) is 12.7 Å². The van der Waals surface area contributed by atoms with Gasteiger partial charge in [-0.25, -0.2) is 14.2 Å². The summed E-state index contributed by atoms with van der Waals surface area (Å²) in [4.78, 5) is 36.6. The molecule has 5 rings (SSSR count). The second-order valence-corrected chi connectivity index (χ2v) is 8.00. The molecule has 1 fully saturated rings. The molecule has 180 valence electrons. The zero-order chi connectivity index (χ0) is 24.5. The molecule has 0 unspecified atom stereocenters. The fourth-order valence-corrected chi connectivity index (χ4v) is 3.90. The number of methoxy groups -OCH3 is 1. The van der Waals surface area contributed by atoms with E-state index >= 15 is 0 Å². The van der Waals surface area contributed by atoms with Gasteiger partial charge in [0, 0.05) is 49.2 Å². The van der Waals surface area contributed by atoms with Crippen molar-refractivity contribution in [2.45, 2.75) is 6.92 Å². The van der Waals surface area contributed by atoms with E-state index in [4.69, 9.17) is 9.26 Å². The maximum Gasteiger partial charge on any atom is 0.409 e. The summed E-state index contributed by atoms with van der Waals surface area (Å²) in [5.41, 5.74) is 1.86. The van der Waals surface area contributed by atoms with Crippen molar-refractivity contribution in [3.05, 3.63) is 59.8 Å². The molecule has 0 aliphatic carbocycles. The molecule has 1 aromatic carbocycles. The highest BCUT2D eigenvalue weighted by Gasteiger charge is 2.25. The lowest BCUT2D eigenvalue weighted by atomic mass is 10.1. The summed E-state index contributed by atoms with van der Waals surface area (Å²) in [5.74, 6) is -0.769. The number of hydrogen-bond acceptors (Lipinski definition) is 8. The molecule has 0 spiro atoms. The van der Waals surface area contributed by atoms with Crippen LogP contribution in [-0.4, -0.2) is 69.7 Å². The quantitative estimate of drug-likeness (QED) is 0.475. The van der Waals surface area contributed by atoms with Crippen molar-refractivity contribution in [3.8, 4) is 11.4 Å². The topological polar surface area (TPSA) is 118 Å². The van der Waals surface area contributed by atoms with Crippen molar-refractivity contribution in [2.24, 2.45) is 0 Å². The van der Waals surface area contributed by atoms with Crippen molar-refractivity contribution in [1.29, 1.82) is 0 Å². The van der Waals surface area contributed by atoms with Crippen LogP contribution in [-0.2, 0) is 4.74 Å². The number of amides is 2. The molecule has 1 saturated heterocycles. The highest BCUT2D eigenvalue weighted by Crippen LogP contribution is 2.28. The summed E-state index contributed by atoms with van der Waals surface area (Å²) in [7, 11) is 1.34. The summed E-state index contributed by atoms with van der Waals surface area (Å²) in [6.07, 6.45) is 2.81. The molecule has 11 nitrogen and oxygen atoms in total. The largest absolute Gasteiger partial charge is 0.453 e. The molecule has 0 radical (unpaired) electrons. The van der Waals surface area contributed by atoms with Crippen molar-refractivity contribution in [2.75, 3.05) is 43.5 Å². The Morgan fingerprint density at radius 3 is 2.74 bits per heavy atom. The number of fused-ring (bicyclic) bond motifs is 1. The third-order valence-electron chi connectivity index (χ3n) is 5.90. The van der Waals surface area contributed by atoms with Crippen LogP contribution in [0.25, 0.3) is 17.0 Å². The first-order valence-electron chi connectivity index (χ1n) is 10.9. The predicted octanol–water partition coefficient (Wildman–Crippen LogP) is 2.97. The first kappa shape index (κ1) is 22.3. The van der Waals surface area contributed by atoms with Crippen LogP contribution in [0.1, 0.15) is 16.1 Å². The SMILES string of the molecule is COC(=O)N1CCN(c2nc(-c3cc(F)c(C)c(NC(=O)c4cnc5ccccn45)c3)no2)CC1. The van der Waals surface area contributed by atoms with Gasteiger partial charge in [-0.1, -0.05) is 11.2 Å². The van der Waals surface area contributed by atoms with Gasteiger partial charge in [0.1, 0.15) is 17.2 Å². The highest BCUT2D eigenvalue weighted by molar-refractivity contribution is 6.04. The van der Waals surface area contributed by atoms with Crippen LogP contribution in [0.3, 0.4) is 0 Å². The fraction of sp³-hybridized carbons (Fsp3) is 0.261. The van der Waals surface area contributed by atoms with E-state index in [0.717, 1.165) is 0 Å². The number of anilines is 2. The number of rotatable bonds is 4. The Morgan fingerprint density at radius 1 is 1.17 bits per heavy atom. The van der Waals surface area contributed by atoms with E-state index in [0.29, 0.717) is 43.1 Å². The molecule has 1 aliphatic rings. The van der Waals surface area contributed by atoms with Gasteiger partial charge in [-0.2, -0.15) is 4.98 Å². The Bertz CT molecular complexity index is 1410. The second-order valence-electron chi connectivity index (χ2n) is 8.00. The number of piperazine rings is 1. The maximum absolute atomic E-state index is 14.8. The minimum Gasteiger partial charge on any atom is -0.453 e. The molecule has 0 bridgehead atoms. The molecule has 4 aromatic rings. The Hall–Kier alpha value is -4.48. The number of benzene rings is 1. The minimum atomic E-state index is -0.519. The zero-order valence-corrected chi connectivity index (χ0v) is 19.1. The van der Waals surface area contributed by atoms with Gasteiger partial charge in [-0.05, 0) is 31.2 Å². The average Bonchev–Trinajstić information content (AvgIpc) is 3.54. The standard InChI is InChI=1S/C23H22FN7O4/c1-14-16(24)11-15(12-17(14)26-21(32)18-13-25-19-5-3-4-6-31(18)19)20-27-22(35-28-20)29-7-9-30(10-8-29)23(33)34-2/h3-6,11-13H,7-10H2,1-2H3,(H,26,32). The van der Waals surface area contributed by atoms with Gasteiger partial charge in [0.25, 0.3) is 5.91 Å². The lowest BCUT2D eigenvalue weighted by Gasteiger charge is -2.32. The first-order valence-corrected chi connectivity index (χ1v) is 10.9. The van der Waals surface area contributed by atoms with Crippen molar-refractivity contribution < 1.29 is 23.2 Å². The molecule has 35 heavy (non-hydrogen) atoms. The predicted molar refractivity (Wildman–Crippen MR) is 124 cm³/mol. The van der Waals surface area contributed by atoms with Gasteiger partial charge < -0.3 is 24.4 Å². The molecule has 1 N–H and O–H groups in total. The van der Waals surface area contributed by atoms with Gasteiger partial charge in [0.2, 0.25) is 5.82 Å². The first-order chi connectivity index (χ1) is 16.9. The highest BCUT2D eigenvalue weighted by atomic mass is 19.1. The van der Waals surface area contributed by atoms with Crippen molar-refractivity contribution in [1.82, 2.24) is 24.4 Å². The average molecular weight is 479 g/mol. The molecule has 0 saturated carbocycles. The Balaban J connectivity index is 1.36. The number of carbonyl (C=O) groups excluding carboxylic acids is 2. The molecule has 2 amide bonds. The normalized spacial score (nSPS) is 13.8. The van der Waals surface area contributed by atoms with Crippen LogP contribution >= 0.6 is 0 Å². The van der Waals surface area contributed by atoms with E-state index in [1.807, 2.05) is 11.0 Å². The van der Waals surface area contributed by atoms with Crippen LogP contribution in [0.15, 0.2) is 47.2 Å². The minimum absolute atomic E-state index is 0.180. The number of nitrogens with one attached hydrogen (secondary N) is 1. The van der Waals surface area contributed by atoms with Gasteiger partial charge in [-0.15, -0.1) is 0 Å². The number of hydrogen-bond donors (Lipinski definition) is 1. The summed E-state index contributed by atoms with van der Waals surface area (Å²) in [5, 5.41) is 6.75. The van der Waals surface area contributed by atoms with Crippen LogP contribution in [0.5, 0.6) is 0 Å². The zero-order valence-electron chi connectivity index (χ0n) is 19.1. The van der Waals surface area contributed by atoms with E-state index in [9.17, 15) is 14.0 Å². The number of ether oxygens (including phenoxy) is 1. The van der Waals surface area contributed by atoms with E-state index in [2.05, 4.69) is 20.4 Å². The van der Waals surface area contributed by atoms with E-state index in [1.54, 1.807) is 40.6 Å². The summed E-state index contributed by atoms with van der Waals surface area (Å²) >= 11 is 0. The Morgan fingerprint density at radius 2 is 1.97 bits per heavy atom. The third kappa shape index (κ3) is 4.25. The molecular weight excluding hydrogens is 457 g/mol. The van der Waals surface area contributed by atoms with E-state index in [1.165, 1.54) is 19.4 Å². The van der Waals surface area contributed by atoms with Crippen molar-refractivity contribution in [3.63, 3.8) is 0 Å². The van der Waals surface area contributed by atoms with E-state index < -0.39 is 11.7 Å². The fourth-order valence-electron chi connectivity index (χ4n) is 3.90. The maximum atomic E-state index is 14.8. The number of imidazole rings is 1. The number of pyridine rings is 1. The van der Waals surface area contributed by atoms with Gasteiger partial charge in [0.05, 0.1) is 13.3 Å². The van der Waals surface area contributed by atoms with Crippen LogP contribution in [0.2, 0.25) is 0 Å². The monoisotopic (exact) mass is 479 g/mol. The lowest BCUT2D eigenvalue weighted by Crippen LogP contribution is -2.48. The lowest BCUT2D eigenvalue weighted by molar-refractivity contribution is 0.102. The summed E-state index contributed by atoms with van der Waals surface area (Å²) in [6.45, 7) is 3.44. The molecule has 4 heterocycles. The van der Waals surface area contributed by atoms with Gasteiger partial charge in [0.15, 0.2) is 0 Å². The molecular formula is C23H22FN7O4. The van der Waals surface area contributed by atoms with Gasteiger partial charge in [-0.3, -0.25) is 9.20 Å². The number of halogens is 1. The van der Waals surface area contributed by atoms with E-state index in [-0.39, 0.29) is 29.2 Å². The smallest absolute Gasteiger partial charge is 0.409 e. The van der Waals surface area contributed by atoms with Crippen LogP contribution < -0.4 is 10.2 Å². The molecule has 3 aromatic heterocycles. The van der Waals surface area contributed by atoms with Crippen LogP contribution in [0.4, 0.5) is 20.9 Å². The van der Waals surface area contributed by atoms with Gasteiger partial charge >= 0.3 is 12.1 Å². The summed E-state index contributed by atoms with van der Waals surface area (Å²) in [6, 6.07) is 8.56. The number of aromatic nitrogens is 4. The third-order valence-corrected chi connectivity index (χ3v) is 5.90. The molecule has 12 heteroatoms. The van der Waals surface area contributed by atoms with Crippen molar-refractivity contribution >= 4 is 29.3 Å².